The second kappa shape index (κ2) is 6.99. The molecule has 1 atom stereocenters. The van der Waals surface area contributed by atoms with Crippen molar-refractivity contribution in [3.63, 3.8) is 0 Å². The first-order chi connectivity index (χ1) is 12.9. The Balaban J connectivity index is 1.43. The summed E-state index contributed by atoms with van der Waals surface area (Å²) in [6, 6.07) is 8.70. The van der Waals surface area contributed by atoms with Crippen LogP contribution in [0.25, 0.3) is 0 Å². The predicted molar refractivity (Wildman–Crippen MR) is 95.7 cm³/mol. The minimum absolute atomic E-state index is 0.0243. The summed E-state index contributed by atoms with van der Waals surface area (Å²) in [6.45, 7) is 0.111. The van der Waals surface area contributed by atoms with Crippen molar-refractivity contribution in [2.75, 3.05) is 11.5 Å². The first-order valence-corrected chi connectivity index (χ1v) is 10.7. The van der Waals surface area contributed by atoms with Crippen LogP contribution in [0.1, 0.15) is 35.6 Å². The Morgan fingerprint density at radius 3 is 2.48 bits per heavy atom. The van der Waals surface area contributed by atoms with E-state index < -0.39 is 9.84 Å². The SMILES string of the molecule is O=C(c1ccc(COc2ccc(F)cc2)o1)N(C1CC1)C1CCS(=O)(=O)C1. The molecule has 4 rings (SSSR count). The Morgan fingerprint density at radius 2 is 1.85 bits per heavy atom. The van der Waals surface area contributed by atoms with Gasteiger partial charge >= 0.3 is 0 Å². The molecule has 0 radical (unpaired) electrons. The largest absolute Gasteiger partial charge is 0.486 e. The molecule has 1 aliphatic carbocycles. The Morgan fingerprint density at radius 1 is 1.11 bits per heavy atom. The number of ether oxygens (including phenoxy) is 1. The number of furan rings is 1. The van der Waals surface area contributed by atoms with Gasteiger partial charge in [0.05, 0.1) is 11.5 Å². The van der Waals surface area contributed by atoms with Gasteiger partial charge in [-0.15, -0.1) is 0 Å². The molecule has 2 aromatic rings. The summed E-state index contributed by atoms with van der Waals surface area (Å²) in [5.41, 5.74) is 0. The van der Waals surface area contributed by atoms with E-state index in [-0.39, 0.29) is 47.7 Å². The Hall–Kier alpha value is -2.35. The van der Waals surface area contributed by atoms with Gasteiger partial charge in [-0.3, -0.25) is 4.79 Å². The first-order valence-electron chi connectivity index (χ1n) is 8.91. The molecule has 2 fully saturated rings. The van der Waals surface area contributed by atoms with Gasteiger partial charge in [-0.05, 0) is 55.7 Å². The van der Waals surface area contributed by atoms with Crippen LogP contribution < -0.4 is 4.74 Å². The number of benzene rings is 1. The van der Waals surface area contributed by atoms with Crippen LogP contribution in [0.2, 0.25) is 0 Å². The van der Waals surface area contributed by atoms with Gasteiger partial charge in [0.15, 0.2) is 15.6 Å². The third-order valence-electron chi connectivity index (χ3n) is 4.84. The van der Waals surface area contributed by atoms with Crippen molar-refractivity contribution in [3.05, 3.63) is 53.7 Å². The average molecular weight is 393 g/mol. The van der Waals surface area contributed by atoms with Crippen molar-refractivity contribution in [1.29, 1.82) is 0 Å². The van der Waals surface area contributed by atoms with E-state index in [0.717, 1.165) is 12.8 Å². The number of halogens is 1. The van der Waals surface area contributed by atoms with Crippen molar-refractivity contribution in [3.8, 4) is 5.75 Å². The highest BCUT2D eigenvalue weighted by Gasteiger charge is 2.43. The standard InChI is InChI=1S/C19H20FNO5S/c20-13-1-5-16(6-2-13)25-11-17-7-8-18(26-17)19(22)21(14-3-4-14)15-9-10-27(23,24)12-15/h1-2,5-8,14-15H,3-4,9-12H2. The van der Waals surface area contributed by atoms with E-state index in [0.29, 0.717) is 17.9 Å². The highest BCUT2D eigenvalue weighted by molar-refractivity contribution is 7.91. The van der Waals surface area contributed by atoms with Gasteiger partial charge in [0.2, 0.25) is 0 Å². The van der Waals surface area contributed by atoms with E-state index >= 15 is 0 Å². The van der Waals surface area contributed by atoms with Crippen LogP contribution in [0.3, 0.4) is 0 Å². The van der Waals surface area contributed by atoms with Crippen molar-refractivity contribution in [1.82, 2.24) is 4.90 Å². The fourth-order valence-electron chi connectivity index (χ4n) is 3.36. The lowest BCUT2D eigenvalue weighted by molar-refractivity contribution is 0.0644. The topological polar surface area (TPSA) is 76.8 Å². The van der Waals surface area contributed by atoms with Crippen LogP contribution in [0.5, 0.6) is 5.75 Å². The zero-order valence-electron chi connectivity index (χ0n) is 14.6. The van der Waals surface area contributed by atoms with Gasteiger partial charge in [-0.25, -0.2) is 12.8 Å². The summed E-state index contributed by atoms with van der Waals surface area (Å²) in [6.07, 6.45) is 2.26. The summed E-state index contributed by atoms with van der Waals surface area (Å²) in [5.74, 6) is 0.687. The summed E-state index contributed by atoms with van der Waals surface area (Å²) in [4.78, 5) is 14.6. The molecule has 1 unspecified atom stereocenters. The van der Waals surface area contributed by atoms with E-state index in [1.165, 1.54) is 24.3 Å². The van der Waals surface area contributed by atoms with E-state index in [2.05, 4.69) is 0 Å². The van der Waals surface area contributed by atoms with Gasteiger partial charge in [-0.2, -0.15) is 0 Å². The summed E-state index contributed by atoms with van der Waals surface area (Å²) < 4.78 is 47.6. The summed E-state index contributed by atoms with van der Waals surface area (Å²) in [7, 11) is -3.07. The highest BCUT2D eigenvalue weighted by Crippen LogP contribution is 2.33. The number of sulfone groups is 1. The molecule has 27 heavy (non-hydrogen) atoms. The molecular weight excluding hydrogens is 373 g/mol. The number of nitrogens with zero attached hydrogens (tertiary/aromatic N) is 1. The molecule has 0 N–H and O–H groups in total. The lowest BCUT2D eigenvalue weighted by atomic mass is 10.2. The maximum atomic E-state index is 12.9. The van der Waals surface area contributed by atoms with Gasteiger partial charge in [-0.1, -0.05) is 0 Å². The maximum Gasteiger partial charge on any atom is 0.290 e. The average Bonchev–Trinajstić information content (AvgIpc) is 3.23. The molecule has 2 aliphatic rings. The summed E-state index contributed by atoms with van der Waals surface area (Å²) in [5, 5.41) is 0. The second-order valence-corrected chi connectivity index (χ2v) is 9.24. The minimum atomic E-state index is -3.07. The molecule has 2 heterocycles. The summed E-state index contributed by atoms with van der Waals surface area (Å²) >= 11 is 0. The predicted octanol–water partition coefficient (Wildman–Crippen LogP) is 2.79. The number of rotatable bonds is 6. The van der Waals surface area contributed by atoms with Crippen molar-refractivity contribution >= 4 is 15.7 Å². The molecule has 1 saturated heterocycles. The van der Waals surface area contributed by atoms with Gasteiger partial charge in [0.25, 0.3) is 5.91 Å². The molecule has 1 amide bonds. The number of carbonyl (C=O) groups excluding carboxylic acids is 1. The molecule has 1 aromatic heterocycles. The Bertz CT molecular complexity index is 933. The highest BCUT2D eigenvalue weighted by atomic mass is 32.2. The van der Waals surface area contributed by atoms with Gasteiger partial charge in [0.1, 0.15) is 23.9 Å². The number of hydrogen-bond acceptors (Lipinski definition) is 5. The first kappa shape index (κ1) is 18.0. The molecule has 0 bridgehead atoms. The van der Waals surface area contributed by atoms with Crippen LogP contribution in [-0.2, 0) is 16.4 Å². The second-order valence-electron chi connectivity index (χ2n) is 7.01. The fraction of sp³-hybridized carbons (Fsp3) is 0.421. The molecule has 144 valence electrons. The van der Waals surface area contributed by atoms with Crippen molar-refractivity contribution in [2.24, 2.45) is 0 Å². The van der Waals surface area contributed by atoms with Crippen LogP contribution >= 0.6 is 0 Å². The Kier molecular flexibility index (Phi) is 4.67. The van der Waals surface area contributed by atoms with Crippen LogP contribution in [0, 0.1) is 5.82 Å². The Labute approximate surface area is 156 Å². The van der Waals surface area contributed by atoms with Crippen LogP contribution in [0.15, 0.2) is 40.8 Å². The molecule has 1 saturated carbocycles. The number of carbonyl (C=O) groups is 1. The molecule has 1 aliphatic heterocycles. The molecule has 1 aromatic carbocycles. The van der Waals surface area contributed by atoms with Crippen molar-refractivity contribution < 1.29 is 26.8 Å². The van der Waals surface area contributed by atoms with E-state index in [1.807, 2.05) is 0 Å². The maximum absolute atomic E-state index is 12.9. The van der Waals surface area contributed by atoms with E-state index in [4.69, 9.17) is 9.15 Å². The van der Waals surface area contributed by atoms with E-state index in [1.54, 1.807) is 17.0 Å². The third-order valence-corrected chi connectivity index (χ3v) is 6.59. The lowest BCUT2D eigenvalue weighted by Crippen LogP contribution is -2.42. The molecular formula is C19H20FNO5S. The van der Waals surface area contributed by atoms with Crippen molar-refractivity contribution in [2.45, 2.75) is 38.0 Å². The zero-order chi connectivity index (χ0) is 19.0. The minimum Gasteiger partial charge on any atom is -0.486 e. The number of hydrogen-bond donors (Lipinski definition) is 0. The lowest BCUT2D eigenvalue weighted by Gasteiger charge is -2.27. The number of amides is 1. The fourth-order valence-corrected chi connectivity index (χ4v) is 5.07. The van der Waals surface area contributed by atoms with E-state index in [9.17, 15) is 17.6 Å². The molecule has 8 heteroatoms. The van der Waals surface area contributed by atoms with Gasteiger partial charge < -0.3 is 14.1 Å². The van der Waals surface area contributed by atoms with Gasteiger partial charge in [0, 0.05) is 12.1 Å². The van der Waals surface area contributed by atoms with Crippen LogP contribution in [0.4, 0.5) is 4.39 Å². The quantitative estimate of drug-likeness (QED) is 0.754. The monoisotopic (exact) mass is 393 g/mol. The normalized spacial score (nSPS) is 21.1. The third kappa shape index (κ3) is 4.16. The molecule has 0 spiro atoms. The zero-order valence-corrected chi connectivity index (χ0v) is 15.5. The molecule has 6 nitrogen and oxygen atoms in total. The van der Waals surface area contributed by atoms with Crippen LogP contribution in [-0.4, -0.2) is 42.8 Å². The smallest absolute Gasteiger partial charge is 0.290 e.